The Morgan fingerprint density at radius 3 is 1.82 bits per heavy atom. The van der Waals surface area contributed by atoms with Gasteiger partial charge in [0.05, 0.1) is 5.52 Å². The molecule has 0 radical (unpaired) electrons. The van der Waals surface area contributed by atoms with E-state index in [4.69, 9.17) is 19.9 Å². The van der Waals surface area contributed by atoms with E-state index in [9.17, 15) is 0 Å². The van der Waals surface area contributed by atoms with Gasteiger partial charge in [-0.15, -0.1) is 11.3 Å². The number of nitrogens with zero attached hydrogens (tertiary/aromatic N) is 6. The molecule has 0 aliphatic carbocycles. The Kier molecular flexibility index (Phi) is 4.89. The summed E-state index contributed by atoms with van der Waals surface area (Å²) < 4.78 is 2.51. The van der Waals surface area contributed by atoms with Gasteiger partial charge in [0, 0.05) is 66.9 Å². The molecule has 8 rings (SSSR count). The van der Waals surface area contributed by atoms with E-state index in [0.717, 1.165) is 38.5 Å². The first kappa shape index (κ1) is 21.9. The third-order valence-electron chi connectivity index (χ3n) is 6.90. The molecule has 0 aliphatic heterocycles. The molecule has 0 atom stereocenters. The highest BCUT2D eigenvalue weighted by atomic mass is 32.1. The summed E-state index contributed by atoms with van der Waals surface area (Å²) in [6, 6.07) is 28.9. The molecule has 39 heavy (non-hydrogen) atoms. The first-order chi connectivity index (χ1) is 19.3. The Labute approximate surface area is 226 Å². The van der Waals surface area contributed by atoms with Crippen LogP contribution in [0.2, 0.25) is 0 Å². The monoisotopic (exact) mass is 518 g/mol. The lowest BCUT2D eigenvalue weighted by molar-refractivity contribution is 1.06. The first-order valence-electron chi connectivity index (χ1n) is 12.5. The highest BCUT2D eigenvalue weighted by molar-refractivity contribution is 7.26. The molecule has 0 saturated carbocycles. The topological polar surface area (TPSA) is 77.3 Å². The van der Waals surface area contributed by atoms with Crippen LogP contribution in [-0.4, -0.2) is 29.9 Å². The molecule has 5 aromatic heterocycles. The van der Waals surface area contributed by atoms with Gasteiger partial charge in [0.15, 0.2) is 17.5 Å². The van der Waals surface area contributed by atoms with Crippen LogP contribution in [0.25, 0.3) is 76.1 Å². The second-order valence-corrected chi connectivity index (χ2v) is 10.3. The van der Waals surface area contributed by atoms with Crippen LogP contribution >= 0.6 is 11.3 Å². The van der Waals surface area contributed by atoms with Gasteiger partial charge >= 0.3 is 0 Å². The van der Waals surface area contributed by atoms with E-state index in [1.165, 1.54) is 20.2 Å². The molecule has 6 nitrogen and oxygen atoms in total. The van der Waals surface area contributed by atoms with Crippen molar-refractivity contribution in [1.29, 1.82) is 0 Å². The Morgan fingerprint density at radius 1 is 0.487 bits per heavy atom. The fourth-order valence-electron chi connectivity index (χ4n) is 5.12. The normalized spacial score (nSPS) is 11.6. The van der Waals surface area contributed by atoms with Gasteiger partial charge in [-0.2, -0.15) is 0 Å². The Bertz CT molecular complexity index is 2120. The number of pyridine rings is 3. The molecule has 0 aliphatic rings. The highest BCUT2D eigenvalue weighted by Crippen LogP contribution is 2.42. The zero-order valence-electron chi connectivity index (χ0n) is 20.5. The number of aromatic nitrogens is 6. The number of hydrogen-bond donors (Lipinski definition) is 0. The summed E-state index contributed by atoms with van der Waals surface area (Å²) in [6.45, 7) is 0. The molecule has 182 valence electrons. The van der Waals surface area contributed by atoms with Crippen LogP contribution in [0.3, 0.4) is 0 Å². The highest BCUT2D eigenvalue weighted by Gasteiger charge is 2.19. The zero-order valence-corrected chi connectivity index (χ0v) is 21.3. The molecule has 0 amide bonds. The van der Waals surface area contributed by atoms with Gasteiger partial charge < -0.3 is 0 Å². The van der Waals surface area contributed by atoms with Gasteiger partial charge in [0.2, 0.25) is 0 Å². The van der Waals surface area contributed by atoms with Crippen molar-refractivity contribution < 1.29 is 0 Å². The van der Waals surface area contributed by atoms with Gasteiger partial charge in [-0.3, -0.25) is 9.97 Å². The van der Waals surface area contributed by atoms with E-state index in [2.05, 4.69) is 64.6 Å². The van der Waals surface area contributed by atoms with Crippen LogP contribution < -0.4 is 0 Å². The fraction of sp³-hybridized carbons (Fsp3) is 0. The predicted molar refractivity (Wildman–Crippen MR) is 157 cm³/mol. The van der Waals surface area contributed by atoms with Gasteiger partial charge in [-0.05, 0) is 41.8 Å². The predicted octanol–water partition coefficient (Wildman–Crippen LogP) is 7.73. The Balaban J connectivity index is 1.45. The average Bonchev–Trinajstić information content (AvgIpc) is 3.40. The summed E-state index contributed by atoms with van der Waals surface area (Å²) in [5, 5.41) is 5.80. The molecule has 3 aromatic carbocycles. The number of rotatable bonds is 3. The first-order valence-corrected chi connectivity index (χ1v) is 13.3. The van der Waals surface area contributed by atoms with Crippen molar-refractivity contribution in [2.24, 2.45) is 0 Å². The van der Waals surface area contributed by atoms with Crippen LogP contribution in [0, 0.1) is 0 Å². The molecule has 7 heteroatoms. The summed E-state index contributed by atoms with van der Waals surface area (Å²) >= 11 is 1.81. The van der Waals surface area contributed by atoms with Gasteiger partial charge in [0.25, 0.3) is 0 Å². The van der Waals surface area contributed by atoms with Crippen molar-refractivity contribution in [1.82, 2.24) is 29.9 Å². The molecule has 0 bridgehead atoms. The van der Waals surface area contributed by atoms with Crippen LogP contribution in [0.5, 0.6) is 0 Å². The lowest BCUT2D eigenvalue weighted by atomic mass is 10.0. The maximum absolute atomic E-state index is 5.19. The van der Waals surface area contributed by atoms with Crippen molar-refractivity contribution in [3.8, 4) is 34.3 Å². The molecule has 5 heterocycles. The average molecular weight is 519 g/mol. The van der Waals surface area contributed by atoms with Crippen molar-refractivity contribution in [3.63, 3.8) is 0 Å². The smallest absolute Gasteiger partial charge is 0.183 e. The van der Waals surface area contributed by atoms with E-state index in [0.29, 0.717) is 17.5 Å². The molecular weight excluding hydrogens is 500 g/mol. The molecule has 0 N–H and O–H groups in total. The number of hydrogen-bond acceptors (Lipinski definition) is 7. The molecule has 0 fully saturated rings. The minimum Gasteiger partial charge on any atom is -0.264 e. The Hall–Kier alpha value is -5.14. The van der Waals surface area contributed by atoms with Crippen LogP contribution in [0.1, 0.15) is 0 Å². The largest absolute Gasteiger partial charge is 0.264 e. The van der Waals surface area contributed by atoms with E-state index < -0.39 is 0 Å². The number of benzene rings is 3. The van der Waals surface area contributed by atoms with Crippen molar-refractivity contribution in [2.75, 3.05) is 0 Å². The molecule has 0 saturated heterocycles. The van der Waals surface area contributed by atoms with Crippen molar-refractivity contribution in [3.05, 3.63) is 110 Å². The second-order valence-electron chi connectivity index (χ2n) is 9.23. The summed E-state index contributed by atoms with van der Waals surface area (Å²) in [7, 11) is 0. The van der Waals surface area contributed by atoms with Crippen LogP contribution in [0.15, 0.2) is 110 Å². The lowest BCUT2D eigenvalue weighted by Gasteiger charge is -2.12. The standard InChI is InChI=1S/C32H18N6S/c1-2-11-23-22(10-1)27-25(14-13-24-21-9-3-4-12-26(21)39-29(24)27)35-28(23)32-37-30(19-7-5-15-33-17-19)36-31(38-32)20-8-6-16-34-18-20/h1-18H. The van der Waals surface area contributed by atoms with E-state index in [1.54, 1.807) is 24.8 Å². The molecular formula is C32H18N6S. The summed E-state index contributed by atoms with van der Waals surface area (Å²) in [6.07, 6.45) is 6.99. The molecule has 0 unspecified atom stereocenters. The van der Waals surface area contributed by atoms with E-state index in [1.807, 2.05) is 41.7 Å². The third kappa shape index (κ3) is 3.55. The fourth-order valence-corrected chi connectivity index (χ4v) is 6.38. The minimum absolute atomic E-state index is 0.511. The SMILES string of the molecule is c1cncc(-c2nc(-c3cccnc3)nc(-c3nc4ccc5c6ccccc6sc5c4c4ccccc34)n2)c1. The molecule has 0 spiro atoms. The minimum atomic E-state index is 0.511. The summed E-state index contributed by atoms with van der Waals surface area (Å²) in [5.74, 6) is 1.59. The summed E-state index contributed by atoms with van der Waals surface area (Å²) in [4.78, 5) is 28.3. The molecule has 8 aromatic rings. The van der Waals surface area contributed by atoms with E-state index >= 15 is 0 Å². The van der Waals surface area contributed by atoms with Crippen molar-refractivity contribution in [2.45, 2.75) is 0 Å². The van der Waals surface area contributed by atoms with Crippen LogP contribution in [0.4, 0.5) is 0 Å². The number of thiophene rings is 1. The summed E-state index contributed by atoms with van der Waals surface area (Å²) in [5.41, 5.74) is 3.25. The van der Waals surface area contributed by atoms with E-state index in [-0.39, 0.29) is 0 Å². The quantitative estimate of drug-likeness (QED) is 0.223. The van der Waals surface area contributed by atoms with Crippen LogP contribution in [-0.2, 0) is 0 Å². The van der Waals surface area contributed by atoms with Gasteiger partial charge in [0.1, 0.15) is 5.69 Å². The van der Waals surface area contributed by atoms with Gasteiger partial charge in [-0.25, -0.2) is 19.9 Å². The van der Waals surface area contributed by atoms with Crippen molar-refractivity contribution >= 4 is 53.2 Å². The van der Waals surface area contributed by atoms with Gasteiger partial charge in [-0.1, -0.05) is 48.5 Å². The Morgan fingerprint density at radius 2 is 1.13 bits per heavy atom. The maximum Gasteiger partial charge on any atom is 0.183 e. The second kappa shape index (κ2) is 8.72. The third-order valence-corrected chi connectivity index (χ3v) is 8.10. The number of fused-ring (bicyclic) bond motifs is 7. The lowest BCUT2D eigenvalue weighted by Crippen LogP contribution is -2.02. The maximum atomic E-state index is 5.19. The zero-order chi connectivity index (χ0) is 25.8.